The van der Waals surface area contributed by atoms with Crippen molar-refractivity contribution in [3.05, 3.63) is 130 Å². The lowest BCUT2D eigenvalue weighted by atomic mass is 10.1. The maximum Gasteiger partial charge on any atom is 0.257 e. The van der Waals surface area contributed by atoms with E-state index in [9.17, 15) is 9.59 Å². The van der Waals surface area contributed by atoms with Crippen LogP contribution in [0.3, 0.4) is 0 Å². The average Bonchev–Trinajstić information content (AvgIpc) is 3.69. The summed E-state index contributed by atoms with van der Waals surface area (Å²) in [6.07, 6.45) is 5.27. The SMILES string of the molecule is O=C1Nc2ccc(Cl)cc2/C1=C/Nc1ccc2[nH]ccc2c1.O=C1Nc2ccc(Cl)cc2/C1=C\Nc1ccc(CO)cc1. The summed E-state index contributed by atoms with van der Waals surface area (Å²) in [6, 6.07) is 25.9. The Bertz CT molecular complexity index is 1930. The Hall–Kier alpha value is -5.02. The third-order valence-corrected chi connectivity index (χ3v) is 7.46. The highest BCUT2D eigenvalue weighted by Crippen LogP contribution is 2.35. The molecule has 214 valence electrons. The molecule has 10 heteroatoms. The number of carbonyl (C=O) groups is 2. The number of anilines is 4. The standard InChI is InChI=1S/C17H12ClN3O.C16H13ClN2O2/c18-11-1-3-16-13(8-11)14(17(22)21-16)9-20-12-2-4-15-10(7-12)5-6-19-15;17-11-3-6-15-13(7-11)14(16(21)19-15)8-18-12-4-1-10(9-20)2-5-12/h1-9,19-20H,(H,21,22);1-8,18,20H,9H2,(H,19,21)/b14-9-;14-8+. The van der Waals surface area contributed by atoms with Crippen LogP contribution < -0.4 is 21.3 Å². The van der Waals surface area contributed by atoms with Gasteiger partial charge >= 0.3 is 0 Å². The van der Waals surface area contributed by atoms with E-state index in [4.69, 9.17) is 28.3 Å². The molecule has 4 aromatic carbocycles. The summed E-state index contributed by atoms with van der Waals surface area (Å²) in [4.78, 5) is 27.2. The fraction of sp³-hybridized carbons (Fsp3) is 0.0303. The summed E-state index contributed by atoms with van der Waals surface area (Å²) in [5.74, 6) is -0.292. The zero-order valence-electron chi connectivity index (χ0n) is 22.5. The Morgan fingerprint density at radius 3 is 1.81 bits per heavy atom. The molecule has 2 aliphatic rings. The molecule has 1 aromatic heterocycles. The molecule has 0 unspecified atom stereocenters. The number of fused-ring (bicyclic) bond motifs is 3. The summed E-state index contributed by atoms with van der Waals surface area (Å²) < 4.78 is 0. The van der Waals surface area contributed by atoms with E-state index in [1.807, 2.05) is 60.8 Å². The van der Waals surface area contributed by atoms with E-state index >= 15 is 0 Å². The van der Waals surface area contributed by atoms with Gasteiger partial charge in [-0.25, -0.2) is 0 Å². The van der Waals surface area contributed by atoms with E-state index in [1.54, 1.807) is 42.7 Å². The minimum Gasteiger partial charge on any atom is -0.392 e. The Morgan fingerprint density at radius 2 is 1.23 bits per heavy atom. The maximum atomic E-state index is 12.1. The van der Waals surface area contributed by atoms with Gasteiger partial charge in [0.15, 0.2) is 0 Å². The first-order chi connectivity index (χ1) is 20.9. The highest BCUT2D eigenvalue weighted by atomic mass is 35.5. The molecule has 8 nitrogen and oxygen atoms in total. The van der Waals surface area contributed by atoms with Crippen LogP contribution >= 0.6 is 23.2 Å². The topological polar surface area (TPSA) is 118 Å². The van der Waals surface area contributed by atoms with Gasteiger partial charge in [-0.05, 0) is 78.4 Å². The van der Waals surface area contributed by atoms with Gasteiger partial charge in [0.1, 0.15) is 0 Å². The number of nitrogens with one attached hydrogen (secondary N) is 5. The minimum atomic E-state index is -0.160. The van der Waals surface area contributed by atoms with Crippen molar-refractivity contribution < 1.29 is 14.7 Å². The third-order valence-electron chi connectivity index (χ3n) is 6.99. The quantitative estimate of drug-likeness (QED) is 0.116. The highest BCUT2D eigenvalue weighted by Gasteiger charge is 2.25. The number of hydrogen-bond acceptors (Lipinski definition) is 5. The number of amides is 2. The number of aliphatic hydroxyl groups excluding tert-OH is 1. The molecule has 0 saturated heterocycles. The first-order valence-corrected chi connectivity index (χ1v) is 14.1. The number of rotatable bonds is 5. The lowest BCUT2D eigenvalue weighted by Gasteiger charge is -2.04. The van der Waals surface area contributed by atoms with E-state index < -0.39 is 0 Å². The van der Waals surface area contributed by atoms with Crippen LogP contribution in [0.1, 0.15) is 16.7 Å². The van der Waals surface area contributed by atoms with Gasteiger partial charge in [-0.3, -0.25) is 9.59 Å². The van der Waals surface area contributed by atoms with E-state index in [-0.39, 0.29) is 18.4 Å². The Morgan fingerprint density at radius 1 is 0.674 bits per heavy atom. The van der Waals surface area contributed by atoms with Crippen molar-refractivity contribution in [3.8, 4) is 0 Å². The van der Waals surface area contributed by atoms with Crippen molar-refractivity contribution in [2.45, 2.75) is 6.61 Å². The number of aliphatic hydroxyl groups is 1. The molecule has 3 heterocycles. The van der Waals surface area contributed by atoms with E-state index in [1.165, 1.54) is 0 Å². The first-order valence-electron chi connectivity index (χ1n) is 13.3. The summed E-state index contributed by atoms with van der Waals surface area (Å²) in [6.45, 7) is 0.00957. The van der Waals surface area contributed by atoms with Crippen LogP contribution in [0.4, 0.5) is 22.7 Å². The Balaban J connectivity index is 0.000000153. The number of halogens is 2. The molecule has 2 aliphatic heterocycles. The van der Waals surface area contributed by atoms with Crippen LogP contribution in [0.25, 0.3) is 22.0 Å². The predicted molar refractivity (Wildman–Crippen MR) is 174 cm³/mol. The second-order valence-corrected chi connectivity index (χ2v) is 10.7. The average molecular weight is 611 g/mol. The van der Waals surface area contributed by atoms with Crippen molar-refractivity contribution in [2.24, 2.45) is 0 Å². The predicted octanol–water partition coefficient (Wildman–Crippen LogP) is 7.46. The fourth-order valence-electron chi connectivity index (χ4n) is 4.77. The fourth-order valence-corrected chi connectivity index (χ4v) is 5.11. The smallest absolute Gasteiger partial charge is 0.257 e. The molecular weight excluding hydrogens is 585 g/mol. The number of H-pyrrole nitrogens is 1. The van der Waals surface area contributed by atoms with Gasteiger partial charge in [0, 0.05) is 73.4 Å². The second-order valence-electron chi connectivity index (χ2n) is 9.83. The Labute approximate surface area is 257 Å². The zero-order valence-corrected chi connectivity index (χ0v) is 24.1. The molecule has 0 fully saturated rings. The van der Waals surface area contributed by atoms with Crippen molar-refractivity contribution >= 4 is 79.8 Å². The van der Waals surface area contributed by atoms with Crippen molar-refractivity contribution in [1.29, 1.82) is 0 Å². The largest absolute Gasteiger partial charge is 0.392 e. The number of aromatic nitrogens is 1. The van der Waals surface area contributed by atoms with Gasteiger partial charge in [0.25, 0.3) is 11.8 Å². The minimum absolute atomic E-state index is 0.00957. The van der Waals surface area contributed by atoms with Gasteiger partial charge in [0.2, 0.25) is 0 Å². The first kappa shape index (κ1) is 28.1. The van der Waals surface area contributed by atoms with Crippen LogP contribution in [0.15, 0.2) is 104 Å². The maximum absolute atomic E-state index is 12.1. The molecule has 0 saturated carbocycles. The summed E-state index contributed by atoms with van der Waals surface area (Å²) in [7, 11) is 0. The monoisotopic (exact) mass is 609 g/mol. The molecule has 2 amide bonds. The Kier molecular flexibility index (Phi) is 7.89. The molecule has 5 aromatic rings. The molecule has 0 atom stereocenters. The zero-order chi connectivity index (χ0) is 29.9. The molecule has 6 N–H and O–H groups in total. The van der Waals surface area contributed by atoms with Crippen LogP contribution in [0, 0.1) is 0 Å². The van der Waals surface area contributed by atoms with Gasteiger partial charge in [0.05, 0.1) is 17.8 Å². The van der Waals surface area contributed by atoms with E-state index in [2.05, 4.69) is 26.3 Å². The molecule has 7 rings (SSSR count). The summed E-state index contributed by atoms with van der Waals surface area (Å²) in [5.41, 5.74) is 7.92. The van der Waals surface area contributed by atoms with Crippen LogP contribution in [0.5, 0.6) is 0 Å². The molecule has 43 heavy (non-hydrogen) atoms. The molecule has 0 bridgehead atoms. The van der Waals surface area contributed by atoms with Gasteiger partial charge in [-0.2, -0.15) is 0 Å². The second kappa shape index (κ2) is 12.1. The number of aromatic amines is 1. The highest BCUT2D eigenvalue weighted by molar-refractivity contribution is 6.35. The van der Waals surface area contributed by atoms with Crippen LogP contribution in [-0.4, -0.2) is 21.9 Å². The number of carbonyl (C=O) groups excluding carboxylic acids is 2. The summed E-state index contributed by atoms with van der Waals surface area (Å²) in [5, 5.41) is 23.2. The number of benzene rings is 4. The van der Waals surface area contributed by atoms with Crippen LogP contribution in [0.2, 0.25) is 10.0 Å². The van der Waals surface area contributed by atoms with E-state index in [0.717, 1.165) is 50.3 Å². The van der Waals surface area contributed by atoms with Gasteiger partial charge in [-0.15, -0.1) is 0 Å². The van der Waals surface area contributed by atoms with Crippen molar-refractivity contribution in [3.63, 3.8) is 0 Å². The van der Waals surface area contributed by atoms with Crippen molar-refractivity contribution in [2.75, 3.05) is 21.3 Å². The normalized spacial score (nSPS) is 15.0. The van der Waals surface area contributed by atoms with Gasteiger partial charge < -0.3 is 31.4 Å². The molecule has 0 aliphatic carbocycles. The van der Waals surface area contributed by atoms with Crippen LogP contribution in [-0.2, 0) is 16.2 Å². The lowest BCUT2D eigenvalue weighted by molar-refractivity contribution is -0.111. The van der Waals surface area contributed by atoms with E-state index in [0.29, 0.717) is 21.2 Å². The molecule has 0 spiro atoms. The van der Waals surface area contributed by atoms with Crippen molar-refractivity contribution in [1.82, 2.24) is 4.98 Å². The number of hydrogen-bond donors (Lipinski definition) is 6. The third kappa shape index (κ3) is 6.12. The van der Waals surface area contributed by atoms with Gasteiger partial charge in [-0.1, -0.05) is 35.3 Å². The molecular formula is C33H25Cl2N5O3. The summed E-state index contributed by atoms with van der Waals surface area (Å²) >= 11 is 12.0. The lowest BCUT2D eigenvalue weighted by Crippen LogP contribution is -2.05. The molecule has 0 radical (unpaired) electrons.